The van der Waals surface area contributed by atoms with E-state index in [1.165, 1.54) is 6.33 Å². The van der Waals surface area contributed by atoms with Gasteiger partial charge in [0.1, 0.15) is 12.2 Å². The molecule has 0 aliphatic carbocycles. The molecule has 1 heterocycles. The number of aromatic nitrogens is 3. The van der Waals surface area contributed by atoms with E-state index >= 15 is 0 Å². The molecule has 3 N–H and O–H groups in total. The first-order valence-corrected chi connectivity index (χ1v) is 2.48. The van der Waals surface area contributed by atoms with Crippen LogP contribution in [-0.2, 0) is 6.42 Å². The van der Waals surface area contributed by atoms with Gasteiger partial charge in [-0.2, -0.15) is 5.10 Å². The van der Waals surface area contributed by atoms with Gasteiger partial charge in [0.25, 0.3) is 0 Å². The molecule has 1 aromatic heterocycles. The summed E-state index contributed by atoms with van der Waals surface area (Å²) in [5, 5.41) is 6.35. The molecule has 0 amide bonds. The Morgan fingerprint density at radius 2 is 2.20 bits per heavy atom. The van der Waals surface area contributed by atoms with Gasteiger partial charge >= 0.3 is 0 Å². The molecule has 4 nitrogen and oxygen atoms in total. The number of hydrogen-bond acceptors (Lipinski definition) is 3. The number of nitrogens with two attached hydrogens (primary N) is 1. The Balaban J connectivity index is 0. The summed E-state index contributed by atoms with van der Waals surface area (Å²) in [4.78, 5) is 3.86. The van der Waals surface area contributed by atoms with Crippen molar-refractivity contribution in [3.63, 3.8) is 0 Å². The molecular weight excluding hydrogens is 175 g/mol. The molecule has 60 valence electrons. The van der Waals surface area contributed by atoms with Crippen LogP contribution in [-0.4, -0.2) is 21.7 Å². The molecular formula is C4H10Cl2N4. The molecule has 6 heteroatoms. The zero-order valence-electron chi connectivity index (χ0n) is 5.28. The number of H-pyrrole nitrogens is 1. The minimum atomic E-state index is 0. The van der Waals surface area contributed by atoms with Crippen LogP contribution in [0.2, 0.25) is 0 Å². The maximum absolute atomic E-state index is 5.23. The summed E-state index contributed by atoms with van der Waals surface area (Å²) in [6, 6.07) is 0. The van der Waals surface area contributed by atoms with Crippen molar-refractivity contribution >= 4 is 24.8 Å². The largest absolute Gasteiger partial charge is 0.330 e. The average Bonchev–Trinajstić information content (AvgIpc) is 2.19. The summed E-state index contributed by atoms with van der Waals surface area (Å²) in [7, 11) is 0. The molecule has 0 unspecified atom stereocenters. The van der Waals surface area contributed by atoms with E-state index in [1.807, 2.05) is 0 Å². The quantitative estimate of drug-likeness (QED) is 0.689. The molecule has 0 fully saturated rings. The van der Waals surface area contributed by atoms with E-state index in [4.69, 9.17) is 5.73 Å². The fourth-order valence-electron chi connectivity index (χ4n) is 0.488. The Bertz CT molecular complexity index is 141. The Kier molecular flexibility index (Phi) is 8.40. The zero-order chi connectivity index (χ0) is 5.82. The van der Waals surface area contributed by atoms with Gasteiger partial charge in [-0.3, -0.25) is 5.10 Å². The van der Waals surface area contributed by atoms with Gasteiger partial charge in [0.2, 0.25) is 0 Å². The summed E-state index contributed by atoms with van der Waals surface area (Å²) in [6.07, 6.45) is 2.25. The summed E-state index contributed by atoms with van der Waals surface area (Å²) < 4.78 is 0. The van der Waals surface area contributed by atoms with Crippen molar-refractivity contribution in [1.82, 2.24) is 15.2 Å². The first-order chi connectivity index (χ1) is 3.93. The van der Waals surface area contributed by atoms with Crippen molar-refractivity contribution in [3.8, 4) is 0 Å². The molecule has 0 bridgehead atoms. The predicted molar refractivity (Wildman–Crippen MR) is 43.6 cm³/mol. The monoisotopic (exact) mass is 184 g/mol. The van der Waals surface area contributed by atoms with Crippen molar-refractivity contribution < 1.29 is 0 Å². The third-order valence-corrected chi connectivity index (χ3v) is 0.846. The van der Waals surface area contributed by atoms with E-state index in [0.29, 0.717) is 6.54 Å². The van der Waals surface area contributed by atoms with Crippen LogP contribution in [0.4, 0.5) is 0 Å². The second kappa shape index (κ2) is 6.80. The van der Waals surface area contributed by atoms with Crippen molar-refractivity contribution in [2.75, 3.05) is 6.54 Å². The van der Waals surface area contributed by atoms with E-state index in [0.717, 1.165) is 12.2 Å². The highest BCUT2D eigenvalue weighted by Gasteiger charge is 1.88. The van der Waals surface area contributed by atoms with Crippen LogP contribution in [0.25, 0.3) is 0 Å². The van der Waals surface area contributed by atoms with E-state index in [2.05, 4.69) is 15.2 Å². The third kappa shape index (κ3) is 3.66. The van der Waals surface area contributed by atoms with Crippen molar-refractivity contribution in [2.24, 2.45) is 5.73 Å². The normalized spacial score (nSPS) is 7.70. The van der Waals surface area contributed by atoms with Gasteiger partial charge in [0.15, 0.2) is 0 Å². The van der Waals surface area contributed by atoms with Crippen molar-refractivity contribution in [1.29, 1.82) is 0 Å². The lowest BCUT2D eigenvalue weighted by molar-refractivity contribution is 0.874. The Morgan fingerprint density at radius 3 is 2.60 bits per heavy atom. The minimum Gasteiger partial charge on any atom is -0.330 e. The molecule has 0 aliphatic rings. The predicted octanol–water partition coefficient (Wildman–Crippen LogP) is 0.149. The summed E-state index contributed by atoms with van der Waals surface area (Å²) in [6.45, 7) is 0.620. The van der Waals surface area contributed by atoms with Gasteiger partial charge < -0.3 is 5.73 Å². The molecule has 0 aromatic carbocycles. The molecule has 10 heavy (non-hydrogen) atoms. The van der Waals surface area contributed by atoms with E-state index in [9.17, 15) is 0 Å². The van der Waals surface area contributed by atoms with Crippen LogP contribution in [0, 0.1) is 0 Å². The summed E-state index contributed by atoms with van der Waals surface area (Å²) in [5.41, 5.74) is 5.23. The molecule has 0 spiro atoms. The fraction of sp³-hybridized carbons (Fsp3) is 0.500. The van der Waals surface area contributed by atoms with Crippen LogP contribution < -0.4 is 5.73 Å². The molecule has 0 atom stereocenters. The van der Waals surface area contributed by atoms with Crippen molar-refractivity contribution in [2.45, 2.75) is 6.42 Å². The Morgan fingerprint density at radius 1 is 1.50 bits per heavy atom. The van der Waals surface area contributed by atoms with Crippen LogP contribution in [0.5, 0.6) is 0 Å². The fourth-order valence-corrected chi connectivity index (χ4v) is 0.488. The zero-order valence-corrected chi connectivity index (χ0v) is 6.91. The number of aromatic amines is 1. The van der Waals surface area contributed by atoms with Gasteiger partial charge in [-0.25, -0.2) is 4.98 Å². The SMILES string of the molecule is Cl.Cl.NCCc1ncn[nH]1. The number of hydrogen-bond donors (Lipinski definition) is 2. The van der Waals surface area contributed by atoms with Gasteiger partial charge in [-0.15, -0.1) is 24.8 Å². The molecule has 0 saturated heterocycles. The average molecular weight is 185 g/mol. The number of nitrogens with zero attached hydrogens (tertiary/aromatic N) is 2. The van der Waals surface area contributed by atoms with E-state index in [-0.39, 0.29) is 24.8 Å². The minimum absolute atomic E-state index is 0. The second-order valence-electron chi connectivity index (χ2n) is 1.47. The molecule has 0 radical (unpaired) electrons. The second-order valence-corrected chi connectivity index (χ2v) is 1.47. The highest BCUT2D eigenvalue weighted by atomic mass is 35.5. The molecule has 0 saturated carbocycles. The Labute approximate surface area is 71.4 Å². The number of halogens is 2. The smallest absolute Gasteiger partial charge is 0.137 e. The maximum Gasteiger partial charge on any atom is 0.137 e. The van der Waals surface area contributed by atoms with Gasteiger partial charge in [-0.05, 0) is 6.54 Å². The Hall–Kier alpha value is -0.320. The van der Waals surface area contributed by atoms with Gasteiger partial charge in [0.05, 0.1) is 0 Å². The van der Waals surface area contributed by atoms with Crippen LogP contribution in [0.3, 0.4) is 0 Å². The maximum atomic E-state index is 5.23. The van der Waals surface area contributed by atoms with E-state index < -0.39 is 0 Å². The lowest BCUT2D eigenvalue weighted by Gasteiger charge is -1.84. The highest BCUT2D eigenvalue weighted by molar-refractivity contribution is 5.85. The standard InChI is InChI=1S/C4H8N4.2ClH/c5-2-1-4-6-3-7-8-4;;/h3H,1-2,5H2,(H,6,7,8);2*1H. The van der Waals surface area contributed by atoms with Gasteiger partial charge in [-0.1, -0.05) is 0 Å². The van der Waals surface area contributed by atoms with Crippen molar-refractivity contribution in [3.05, 3.63) is 12.2 Å². The summed E-state index contributed by atoms with van der Waals surface area (Å²) >= 11 is 0. The lowest BCUT2D eigenvalue weighted by atomic mass is 10.4. The van der Waals surface area contributed by atoms with Crippen LogP contribution in [0.1, 0.15) is 5.82 Å². The van der Waals surface area contributed by atoms with Crippen LogP contribution >= 0.6 is 24.8 Å². The number of rotatable bonds is 2. The topological polar surface area (TPSA) is 67.6 Å². The molecule has 1 aromatic rings. The highest BCUT2D eigenvalue weighted by Crippen LogP contribution is 1.82. The first kappa shape index (κ1) is 12.4. The molecule has 0 aliphatic heterocycles. The number of nitrogens with one attached hydrogen (secondary N) is 1. The first-order valence-electron chi connectivity index (χ1n) is 2.48. The summed E-state index contributed by atoms with van der Waals surface area (Å²) in [5.74, 6) is 0.854. The third-order valence-electron chi connectivity index (χ3n) is 0.846. The van der Waals surface area contributed by atoms with Gasteiger partial charge in [0, 0.05) is 6.42 Å². The molecule has 1 rings (SSSR count). The van der Waals surface area contributed by atoms with Crippen LogP contribution in [0.15, 0.2) is 6.33 Å². The lowest BCUT2D eigenvalue weighted by Crippen LogP contribution is -2.03. The van der Waals surface area contributed by atoms with E-state index in [1.54, 1.807) is 0 Å².